The molecule has 1 aromatic heterocycles. The average molecular weight is 258 g/mol. The average Bonchev–Trinajstić information content (AvgIpc) is 2.64. The van der Waals surface area contributed by atoms with Gasteiger partial charge in [-0.05, 0) is 32.0 Å². The second-order valence-corrected chi connectivity index (χ2v) is 6.21. The summed E-state index contributed by atoms with van der Waals surface area (Å²) in [6, 6.07) is 4.41. The maximum absolute atomic E-state index is 11.4. The molecule has 0 amide bonds. The lowest BCUT2D eigenvalue weighted by Gasteiger charge is -2.30. The summed E-state index contributed by atoms with van der Waals surface area (Å²) in [5, 5.41) is 0. The Hall–Kier alpha value is -0.380. The van der Waals surface area contributed by atoms with Crippen LogP contribution in [0.2, 0.25) is 4.34 Å². The molecule has 1 aliphatic rings. The van der Waals surface area contributed by atoms with E-state index in [0.717, 1.165) is 36.6 Å². The lowest BCUT2D eigenvalue weighted by atomic mass is 9.93. The van der Waals surface area contributed by atoms with Gasteiger partial charge < -0.3 is 0 Å². The molecular formula is C12H16ClNOS. The molecule has 0 bridgehead atoms. The van der Waals surface area contributed by atoms with Crippen molar-refractivity contribution in [2.24, 2.45) is 0 Å². The predicted molar refractivity (Wildman–Crippen MR) is 68.1 cm³/mol. The van der Waals surface area contributed by atoms with Crippen LogP contribution in [0.25, 0.3) is 0 Å². The molecule has 0 radical (unpaired) electrons. The molecule has 1 unspecified atom stereocenters. The topological polar surface area (TPSA) is 20.3 Å². The van der Waals surface area contributed by atoms with Crippen LogP contribution in [-0.2, 0) is 11.3 Å². The number of ketones is 1. The van der Waals surface area contributed by atoms with Gasteiger partial charge in [-0.2, -0.15) is 0 Å². The van der Waals surface area contributed by atoms with Crippen LogP contribution in [0.5, 0.6) is 0 Å². The first-order valence-electron chi connectivity index (χ1n) is 5.61. The zero-order valence-corrected chi connectivity index (χ0v) is 11.0. The van der Waals surface area contributed by atoms with Crippen molar-refractivity contribution in [3.8, 4) is 0 Å². The van der Waals surface area contributed by atoms with Gasteiger partial charge in [0.25, 0.3) is 0 Å². The van der Waals surface area contributed by atoms with Crippen molar-refractivity contribution in [3.05, 3.63) is 21.3 Å². The van der Waals surface area contributed by atoms with Gasteiger partial charge in [-0.25, -0.2) is 0 Å². The Morgan fingerprint density at radius 3 is 3.00 bits per heavy atom. The Balaban J connectivity index is 1.92. The molecule has 0 spiro atoms. The summed E-state index contributed by atoms with van der Waals surface area (Å²) in [7, 11) is 2.09. The highest BCUT2D eigenvalue weighted by atomic mass is 35.5. The van der Waals surface area contributed by atoms with Gasteiger partial charge in [0.05, 0.1) is 4.34 Å². The Morgan fingerprint density at radius 2 is 2.38 bits per heavy atom. The maximum Gasteiger partial charge on any atom is 0.134 e. The van der Waals surface area contributed by atoms with Crippen LogP contribution in [0, 0.1) is 0 Å². The molecule has 0 aromatic carbocycles. The number of Topliss-reactive ketones (excluding diaryl/α,β-unsaturated/α-hetero) is 1. The zero-order chi connectivity index (χ0) is 11.5. The molecule has 1 atom stereocenters. The summed E-state index contributed by atoms with van der Waals surface area (Å²) in [6.45, 7) is 0.898. The van der Waals surface area contributed by atoms with Crippen LogP contribution < -0.4 is 0 Å². The van der Waals surface area contributed by atoms with Gasteiger partial charge in [0.1, 0.15) is 5.78 Å². The fourth-order valence-corrected chi connectivity index (χ4v) is 3.34. The SMILES string of the molecule is CN(Cc1ccc(Cl)s1)C1CCCC(=O)C1. The molecule has 88 valence electrons. The first-order valence-corrected chi connectivity index (χ1v) is 6.81. The van der Waals surface area contributed by atoms with Crippen molar-refractivity contribution >= 4 is 28.7 Å². The molecule has 1 saturated carbocycles. The first kappa shape index (κ1) is 12.1. The molecule has 2 nitrogen and oxygen atoms in total. The highest BCUT2D eigenvalue weighted by Crippen LogP contribution is 2.25. The zero-order valence-electron chi connectivity index (χ0n) is 9.41. The largest absolute Gasteiger partial charge is 0.300 e. The minimum atomic E-state index is 0.410. The van der Waals surface area contributed by atoms with Gasteiger partial charge in [-0.3, -0.25) is 9.69 Å². The van der Waals surface area contributed by atoms with E-state index >= 15 is 0 Å². The standard InChI is InChI=1S/C12H16ClNOS/c1-14(8-11-5-6-12(13)16-11)9-3-2-4-10(15)7-9/h5-6,9H,2-4,7-8H2,1H3. The number of thiophene rings is 1. The number of rotatable bonds is 3. The van der Waals surface area contributed by atoms with Gasteiger partial charge >= 0.3 is 0 Å². The van der Waals surface area contributed by atoms with Crippen molar-refractivity contribution in [1.29, 1.82) is 0 Å². The third kappa shape index (κ3) is 3.06. The monoisotopic (exact) mass is 257 g/mol. The summed E-state index contributed by atoms with van der Waals surface area (Å²) >= 11 is 7.52. The van der Waals surface area contributed by atoms with E-state index in [2.05, 4.69) is 18.0 Å². The van der Waals surface area contributed by atoms with Gasteiger partial charge in [0, 0.05) is 30.3 Å². The molecule has 0 aliphatic heterocycles. The Kier molecular flexibility index (Phi) is 4.00. The van der Waals surface area contributed by atoms with Crippen LogP contribution in [0.15, 0.2) is 12.1 Å². The van der Waals surface area contributed by atoms with E-state index in [4.69, 9.17) is 11.6 Å². The molecule has 1 aromatic rings. The molecule has 2 rings (SSSR count). The summed E-state index contributed by atoms with van der Waals surface area (Å²) in [5.74, 6) is 0.410. The number of carbonyl (C=O) groups is 1. The second kappa shape index (κ2) is 5.30. The quantitative estimate of drug-likeness (QED) is 0.828. The summed E-state index contributed by atoms with van der Waals surface area (Å²) < 4.78 is 0.836. The molecular weight excluding hydrogens is 242 g/mol. The fourth-order valence-electron chi connectivity index (χ4n) is 2.19. The van der Waals surface area contributed by atoms with Gasteiger partial charge in [0.2, 0.25) is 0 Å². The van der Waals surface area contributed by atoms with E-state index in [0.29, 0.717) is 11.8 Å². The van der Waals surface area contributed by atoms with E-state index in [1.165, 1.54) is 4.88 Å². The van der Waals surface area contributed by atoms with Crippen LogP contribution >= 0.6 is 22.9 Å². The van der Waals surface area contributed by atoms with Crippen molar-refractivity contribution in [2.75, 3.05) is 7.05 Å². The summed E-state index contributed by atoms with van der Waals surface area (Å²) in [5.41, 5.74) is 0. The second-order valence-electron chi connectivity index (χ2n) is 4.41. The molecule has 1 heterocycles. The Labute approximate surface area is 105 Å². The van der Waals surface area contributed by atoms with Crippen molar-refractivity contribution in [3.63, 3.8) is 0 Å². The maximum atomic E-state index is 11.4. The van der Waals surface area contributed by atoms with Crippen LogP contribution in [0.4, 0.5) is 0 Å². The van der Waals surface area contributed by atoms with Crippen molar-refractivity contribution in [1.82, 2.24) is 4.90 Å². The highest BCUT2D eigenvalue weighted by molar-refractivity contribution is 7.16. The van der Waals surface area contributed by atoms with Crippen LogP contribution in [-0.4, -0.2) is 23.8 Å². The fraction of sp³-hybridized carbons (Fsp3) is 0.583. The molecule has 0 saturated heterocycles. The van der Waals surface area contributed by atoms with Crippen molar-refractivity contribution in [2.45, 2.75) is 38.3 Å². The number of hydrogen-bond acceptors (Lipinski definition) is 3. The molecule has 1 fully saturated rings. The van der Waals surface area contributed by atoms with Gasteiger partial charge in [-0.1, -0.05) is 11.6 Å². The van der Waals surface area contributed by atoms with E-state index in [-0.39, 0.29) is 0 Å². The lowest BCUT2D eigenvalue weighted by molar-refractivity contribution is -0.121. The highest BCUT2D eigenvalue weighted by Gasteiger charge is 2.23. The van der Waals surface area contributed by atoms with Crippen molar-refractivity contribution < 1.29 is 4.79 Å². The molecule has 1 aliphatic carbocycles. The third-order valence-corrected chi connectivity index (χ3v) is 4.33. The molecule has 0 N–H and O–H groups in total. The minimum Gasteiger partial charge on any atom is -0.300 e. The third-order valence-electron chi connectivity index (χ3n) is 3.11. The van der Waals surface area contributed by atoms with E-state index in [9.17, 15) is 4.79 Å². The number of halogens is 1. The summed E-state index contributed by atoms with van der Waals surface area (Å²) in [6.07, 6.45) is 3.67. The van der Waals surface area contributed by atoms with E-state index in [1.807, 2.05) is 6.07 Å². The summed E-state index contributed by atoms with van der Waals surface area (Å²) in [4.78, 5) is 14.9. The lowest BCUT2D eigenvalue weighted by Crippen LogP contribution is -2.35. The predicted octanol–water partition coefficient (Wildman–Crippen LogP) is 3.35. The van der Waals surface area contributed by atoms with Crippen LogP contribution in [0.3, 0.4) is 0 Å². The number of carbonyl (C=O) groups excluding carboxylic acids is 1. The van der Waals surface area contributed by atoms with Gasteiger partial charge in [0.15, 0.2) is 0 Å². The van der Waals surface area contributed by atoms with E-state index in [1.54, 1.807) is 11.3 Å². The normalized spacial score (nSPS) is 21.7. The number of nitrogens with zero attached hydrogens (tertiary/aromatic N) is 1. The Morgan fingerprint density at radius 1 is 1.56 bits per heavy atom. The number of hydrogen-bond donors (Lipinski definition) is 0. The van der Waals surface area contributed by atoms with E-state index < -0.39 is 0 Å². The van der Waals surface area contributed by atoms with Crippen LogP contribution in [0.1, 0.15) is 30.6 Å². The smallest absolute Gasteiger partial charge is 0.134 e. The molecule has 4 heteroatoms. The van der Waals surface area contributed by atoms with Gasteiger partial charge in [-0.15, -0.1) is 11.3 Å². The minimum absolute atomic E-state index is 0.410. The molecule has 16 heavy (non-hydrogen) atoms. The first-order chi connectivity index (χ1) is 7.65. The Bertz CT molecular complexity index is 377.